The summed E-state index contributed by atoms with van der Waals surface area (Å²) in [5, 5.41) is 4.74. The van der Waals surface area contributed by atoms with Crippen LogP contribution in [-0.2, 0) is 11.3 Å². The van der Waals surface area contributed by atoms with Crippen LogP contribution in [0.3, 0.4) is 0 Å². The zero-order valence-electron chi connectivity index (χ0n) is 20.1. The van der Waals surface area contributed by atoms with Gasteiger partial charge in [0, 0.05) is 48.9 Å². The van der Waals surface area contributed by atoms with Gasteiger partial charge in [0.1, 0.15) is 5.75 Å². The molecule has 1 fully saturated rings. The molecule has 36 heavy (non-hydrogen) atoms. The molecule has 5 rings (SSSR count). The van der Waals surface area contributed by atoms with Crippen molar-refractivity contribution in [2.75, 3.05) is 32.8 Å². The lowest BCUT2D eigenvalue weighted by Gasteiger charge is -2.34. The lowest BCUT2D eigenvalue weighted by atomic mass is 10.1. The Morgan fingerprint density at radius 1 is 0.972 bits per heavy atom. The van der Waals surface area contributed by atoms with E-state index in [1.807, 2.05) is 60.4 Å². The van der Waals surface area contributed by atoms with Crippen molar-refractivity contribution >= 4 is 17.5 Å². The predicted molar refractivity (Wildman–Crippen MR) is 139 cm³/mol. The lowest BCUT2D eigenvalue weighted by molar-refractivity contribution is -0.135. The minimum absolute atomic E-state index is 0.0273. The van der Waals surface area contributed by atoms with Crippen molar-refractivity contribution in [2.24, 2.45) is 0 Å². The fourth-order valence-electron chi connectivity index (χ4n) is 4.20. The van der Waals surface area contributed by atoms with E-state index in [1.165, 1.54) is 5.56 Å². The van der Waals surface area contributed by atoms with Crippen LogP contribution in [-0.4, -0.2) is 58.6 Å². The summed E-state index contributed by atoms with van der Waals surface area (Å²) >= 11 is 6.06. The first-order valence-electron chi connectivity index (χ1n) is 11.9. The molecular weight excluding hydrogens is 476 g/mol. The number of halogens is 1. The van der Waals surface area contributed by atoms with Crippen molar-refractivity contribution in [3.63, 3.8) is 0 Å². The monoisotopic (exact) mass is 502 g/mol. The Balaban J connectivity index is 1.11. The highest BCUT2D eigenvalue weighted by Gasteiger charge is 2.22. The SMILES string of the molecule is Cc1ccccc1OCC(=O)N1CCN(Cc2ccc(-c3noc(-c4cccc(Cl)c4)n3)cc2)CC1. The fraction of sp³-hybridized carbons (Fsp3) is 0.250. The number of amides is 1. The van der Waals surface area contributed by atoms with Crippen molar-refractivity contribution < 1.29 is 14.1 Å². The van der Waals surface area contributed by atoms with Gasteiger partial charge in [0.2, 0.25) is 5.82 Å². The van der Waals surface area contributed by atoms with Crippen molar-refractivity contribution in [3.8, 4) is 28.6 Å². The van der Waals surface area contributed by atoms with E-state index in [0.717, 1.165) is 42.1 Å². The molecule has 0 aliphatic carbocycles. The van der Waals surface area contributed by atoms with Gasteiger partial charge in [0.05, 0.1) is 0 Å². The Bertz CT molecular complexity index is 1330. The van der Waals surface area contributed by atoms with Gasteiger partial charge in [0.15, 0.2) is 6.61 Å². The molecule has 8 heteroatoms. The molecule has 0 radical (unpaired) electrons. The van der Waals surface area contributed by atoms with Crippen LogP contribution in [0.2, 0.25) is 5.02 Å². The molecular formula is C28H27ClN4O3. The maximum Gasteiger partial charge on any atom is 0.260 e. The Morgan fingerprint density at radius 3 is 2.50 bits per heavy atom. The molecule has 1 aromatic heterocycles. The van der Waals surface area contributed by atoms with Crippen molar-refractivity contribution in [1.29, 1.82) is 0 Å². The zero-order chi connectivity index (χ0) is 24.9. The number of hydrogen-bond acceptors (Lipinski definition) is 6. The number of nitrogens with zero attached hydrogens (tertiary/aromatic N) is 4. The van der Waals surface area contributed by atoms with Crippen LogP contribution in [0, 0.1) is 6.92 Å². The molecule has 0 unspecified atom stereocenters. The molecule has 1 aliphatic heterocycles. The summed E-state index contributed by atoms with van der Waals surface area (Å²) < 4.78 is 11.1. The number of piperazine rings is 1. The average molecular weight is 503 g/mol. The quantitative estimate of drug-likeness (QED) is 0.350. The van der Waals surface area contributed by atoms with E-state index in [4.69, 9.17) is 20.9 Å². The smallest absolute Gasteiger partial charge is 0.260 e. The highest BCUT2D eigenvalue weighted by Crippen LogP contribution is 2.25. The van der Waals surface area contributed by atoms with Gasteiger partial charge >= 0.3 is 0 Å². The summed E-state index contributed by atoms with van der Waals surface area (Å²) in [6, 6.07) is 23.3. The number of benzene rings is 3. The molecule has 4 aromatic rings. The molecule has 7 nitrogen and oxygen atoms in total. The van der Waals surface area contributed by atoms with Crippen molar-refractivity contribution in [1.82, 2.24) is 19.9 Å². The molecule has 2 heterocycles. The normalized spacial score (nSPS) is 14.1. The molecule has 0 spiro atoms. The predicted octanol–water partition coefficient (Wildman–Crippen LogP) is 5.09. The summed E-state index contributed by atoms with van der Waals surface area (Å²) in [5.74, 6) is 1.76. The van der Waals surface area contributed by atoms with E-state index in [9.17, 15) is 4.79 Å². The van der Waals surface area contributed by atoms with E-state index in [2.05, 4.69) is 27.2 Å². The first-order chi connectivity index (χ1) is 17.5. The van der Waals surface area contributed by atoms with Gasteiger partial charge in [0.25, 0.3) is 11.8 Å². The number of para-hydroxylation sites is 1. The van der Waals surface area contributed by atoms with Gasteiger partial charge in [-0.05, 0) is 42.3 Å². The fourth-order valence-corrected chi connectivity index (χ4v) is 4.39. The molecule has 3 aromatic carbocycles. The number of hydrogen-bond donors (Lipinski definition) is 0. The number of rotatable bonds is 7. The zero-order valence-corrected chi connectivity index (χ0v) is 20.8. The van der Waals surface area contributed by atoms with E-state index in [1.54, 1.807) is 12.1 Å². The molecule has 1 saturated heterocycles. The molecule has 1 amide bonds. The topological polar surface area (TPSA) is 71.7 Å². The summed E-state index contributed by atoms with van der Waals surface area (Å²) in [6.07, 6.45) is 0. The average Bonchev–Trinajstić information content (AvgIpc) is 3.39. The minimum Gasteiger partial charge on any atom is -0.484 e. The Kier molecular flexibility index (Phi) is 7.30. The molecule has 0 N–H and O–H groups in total. The third-order valence-electron chi connectivity index (χ3n) is 6.29. The third kappa shape index (κ3) is 5.75. The van der Waals surface area contributed by atoms with Gasteiger partial charge in [-0.15, -0.1) is 0 Å². The maximum absolute atomic E-state index is 12.6. The Morgan fingerprint density at radius 2 is 1.75 bits per heavy atom. The standard InChI is InChI=1S/C28H27ClN4O3/c1-20-5-2-3-8-25(20)35-19-26(34)33-15-13-32(14-16-33)18-21-9-11-22(12-10-21)27-30-28(36-31-27)23-6-4-7-24(29)17-23/h2-12,17H,13-16,18-19H2,1H3. The summed E-state index contributed by atoms with van der Waals surface area (Å²) in [5.41, 5.74) is 3.90. The second-order valence-corrected chi connectivity index (χ2v) is 9.28. The Hall–Kier alpha value is -3.68. The number of aromatic nitrogens is 2. The van der Waals surface area contributed by atoms with Crippen LogP contribution < -0.4 is 4.74 Å². The van der Waals surface area contributed by atoms with Crippen LogP contribution in [0.4, 0.5) is 0 Å². The molecule has 0 atom stereocenters. The first kappa shape index (κ1) is 24.0. The number of carbonyl (C=O) groups is 1. The molecule has 0 saturated carbocycles. The summed E-state index contributed by atoms with van der Waals surface area (Å²) in [7, 11) is 0. The van der Waals surface area contributed by atoms with Crippen LogP contribution in [0.25, 0.3) is 22.8 Å². The first-order valence-corrected chi connectivity index (χ1v) is 12.3. The van der Waals surface area contributed by atoms with E-state index in [-0.39, 0.29) is 12.5 Å². The van der Waals surface area contributed by atoms with Crippen LogP contribution in [0.1, 0.15) is 11.1 Å². The van der Waals surface area contributed by atoms with E-state index < -0.39 is 0 Å². The van der Waals surface area contributed by atoms with Gasteiger partial charge in [-0.3, -0.25) is 9.69 Å². The number of carbonyl (C=O) groups excluding carboxylic acids is 1. The number of aryl methyl sites for hydroxylation is 1. The largest absolute Gasteiger partial charge is 0.484 e. The number of ether oxygens (including phenoxy) is 1. The highest BCUT2D eigenvalue weighted by molar-refractivity contribution is 6.30. The van der Waals surface area contributed by atoms with Crippen LogP contribution in [0.15, 0.2) is 77.3 Å². The lowest BCUT2D eigenvalue weighted by Crippen LogP contribution is -2.49. The summed E-state index contributed by atoms with van der Waals surface area (Å²) in [4.78, 5) is 21.3. The van der Waals surface area contributed by atoms with E-state index >= 15 is 0 Å². The van der Waals surface area contributed by atoms with E-state index in [0.29, 0.717) is 29.8 Å². The highest BCUT2D eigenvalue weighted by atomic mass is 35.5. The molecule has 1 aliphatic rings. The van der Waals surface area contributed by atoms with Crippen LogP contribution >= 0.6 is 11.6 Å². The molecule has 0 bridgehead atoms. The van der Waals surface area contributed by atoms with Gasteiger partial charge in [-0.1, -0.05) is 65.3 Å². The maximum atomic E-state index is 12.6. The summed E-state index contributed by atoms with van der Waals surface area (Å²) in [6.45, 7) is 5.92. The second-order valence-electron chi connectivity index (χ2n) is 8.84. The van der Waals surface area contributed by atoms with Crippen molar-refractivity contribution in [2.45, 2.75) is 13.5 Å². The van der Waals surface area contributed by atoms with Crippen LogP contribution in [0.5, 0.6) is 5.75 Å². The minimum atomic E-state index is 0.0273. The Labute approximate surface area is 215 Å². The third-order valence-corrected chi connectivity index (χ3v) is 6.52. The van der Waals surface area contributed by atoms with Gasteiger partial charge in [-0.2, -0.15) is 4.98 Å². The van der Waals surface area contributed by atoms with Gasteiger partial charge < -0.3 is 14.2 Å². The second kappa shape index (κ2) is 10.9. The van der Waals surface area contributed by atoms with Gasteiger partial charge in [-0.25, -0.2) is 0 Å². The van der Waals surface area contributed by atoms with Crippen molar-refractivity contribution in [3.05, 3.63) is 88.9 Å². The molecule has 184 valence electrons.